The van der Waals surface area contributed by atoms with E-state index in [-0.39, 0.29) is 24.1 Å². The largest absolute Gasteiger partial charge is 0.396 e. The summed E-state index contributed by atoms with van der Waals surface area (Å²) >= 11 is 0. The average molecular weight is 264 g/mol. The predicted octanol–water partition coefficient (Wildman–Crippen LogP) is 1.35. The molecule has 1 aromatic rings. The zero-order chi connectivity index (χ0) is 14.3. The summed E-state index contributed by atoms with van der Waals surface area (Å²) in [6, 6.07) is 6.01. The molecule has 0 saturated heterocycles. The van der Waals surface area contributed by atoms with E-state index in [0.717, 1.165) is 0 Å². The van der Waals surface area contributed by atoms with E-state index in [1.165, 1.54) is 24.3 Å². The Bertz CT molecular complexity index is 485. The molecular weight excluding hydrogens is 248 g/mol. The van der Waals surface area contributed by atoms with Gasteiger partial charge in [0.2, 0.25) is 5.91 Å². The third-order valence-electron chi connectivity index (χ3n) is 2.44. The lowest BCUT2D eigenvalue weighted by molar-refractivity contribution is -0.384. The Balaban J connectivity index is 2.58. The molecule has 0 saturated carbocycles. The highest BCUT2D eigenvalue weighted by atomic mass is 16.6. The van der Waals surface area contributed by atoms with E-state index in [9.17, 15) is 14.9 Å². The maximum atomic E-state index is 11.4. The summed E-state index contributed by atoms with van der Waals surface area (Å²) in [5.41, 5.74) is 0.566. The number of carbonyl (C=O) groups excluding carboxylic acids is 1. The number of nitrogens with one attached hydrogen (secondary N) is 1. The van der Waals surface area contributed by atoms with Crippen molar-refractivity contribution in [2.45, 2.75) is 6.92 Å². The molecule has 19 heavy (non-hydrogen) atoms. The first kappa shape index (κ1) is 14.8. The number of aliphatic hydroxyl groups excluding tert-OH is 1. The SMILES string of the molecule is CC(CO)CNC(=O)C=Cc1cccc([N+](=O)[O-])c1. The van der Waals surface area contributed by atoms with Crippen LogP contribution in [-0.2, 0) is 4.79 Å². The van der Waals surface area contributed by atoms with Gasteiger partial charge in [-0.05, 0) is 17.6 Å². The van der Waals surface area contributed by atoms with Crippen molar-refractivity contribution >= 4 is 17.7 Å². The van der Waals surface area contributed by atoms with Gasteiger partial charge < -0.3 is 10.4 Å². The Kier molecular flexibility index (Phi) is 5.69. The van der Waals surface area contributed by atoms with Crippen LogP contribution >= 0.6 is 0 Å². The van der Waals surface area contributed by atoms with Crippen molar-refractivity contribution in [3.8, 4) is 0 Å². The molecule has 1 aromatic carbocycles. The van der Waals surface area contributed by atoms with Crippen LogP contribution < -0.4 is 5.32 Å². The summed E-state index contributed by atoms with van der Waals surface area (Å²) in [5.74, 6) is -0.304. The number of nitro groups is 1. The minimum Gasteiger partial charge on any atom is -0.396 e. The Morgan fingerprint density at radius 3 is 2.95 bits per heavy atom. The lowest BCUT2D eigenvalue weighted by atomic mass is 10.2. The normalized spacial score (nSPS) is 12.3. The second-order valence-electron chi connectivity index (χ2n) is 4.22. The van der Waals surface area contributed by atoms with Crippen LogP contribution in [0.25, 0.3) is 6.08 Å². The Labute approximate surface area is 110 Å². The molecule has 0 spiro atoms. The molecule has 0 aromatic heterocycles. The topological polar surface area (TPSA) is 92.5 Å². The Hall–Kier alpha value is -2.21. The van der Waals surface area contributed by atoms with Crippen LogP contribution in [-0.4, -0.2) is 29.1 Å². The van der Waals surface area contributed by atoms with E-state index in [1.54, 1.807) is 12.1 Å². The molecule has 0 heterocycles. The van der Waals surface area contributed by atoms with E-state index < -0.39 is 4.92 Å². The molecule has 0 aliphatic rings. The van der Waals surface area contributed by atoms with E-state index in [4.69, 9.17) is 5.11 Å². The quantitative estimate of drug-likeness (QED) is 0.461. The van der Waals surface area contributed by atoms with Gasteiger partial charge in [0.1, 0.15) is 0 Å². The first-order valence-corrected chi connectivity index (χ1v) is 5.84. The predicted molar refractivity (Wildman–Crippen MR) is 71.4 cm³/mol. The summed E-state index contributed by atoms with van der Waals surface area (Å²) in [7, 11) is 0. The van der Waals surface area contributed by atoms with Gasteiger partial charge in [-0.3, -0.25) is 14.9 Å². The van der Waals surface area contributed by atoms with Gasteiger partial charge >= 0.3 is 0 Å². The van der Waals surface area contributed by atoms with E-state index in [0.29, 0.717) is 12.1 Å². The van der Waals surface area contributed by atoms with Crippen molar-refractivity contribution in [3.05, 3.63) is 46.0 Å². The molecule has 0 radical (unpaired) electrons. The molecule has 1 unspecified atom stereocenters. The van der Waals surface area contributed by atoms with Crippen LogP contribution in [0.15, 0.2) is 30.3 Å². The van der Waals surface area contributed by atoms with Gasteiger partial charge in [0.05, 0.1) is 4.92 Å². The van der Waals surface area contributed by atoms with Crippen molar-refractivity contribution in [2.75, 3.05) is 13.2 Å². The summed E-state index contributed by atoms with van der Waals surface area (Å²) in [6.45, 7) is 2.20. The number of hydrogen-bond acceptors (Lipinski definition) is 4. The third kappa shape index (κ3) is 5.31. The van der Waals surface area contributed by atoms with Gasteiger partial charge in [-0.15, -0.1) is 0 Å². The number of hydrogen-bond donors (Lipinski definition) is 2. The van der Waals surface area contributed by atoms with Gasteiger partial charge in [-0.25, -0.2) is 0 Å². The zero-order valence-corrected chi connectivity index (χ0v) is 10.6. The van der Waals surface area contributed by atoms with Crippen LogP contribution in [0.1, 0.15) is 12.5 Å². The molecule has 0 aliphatic heterocycles. The number of nitrogens with zero attached hydrogens (tertiary/aromatic N) is 1. The fourth-order valence-electron chi connectivity index (χ4n) is 1.31. The standard InChI is InChI=1S/C13H16N2O4/c1-10(9-16)8-14-13(17)6-5-11-3-2-4-12(7-11)15(18)19/h2-7,10,16H,8-9H2,1H3,(H,14,17). The van der Waals surface area contributed by atoms with Gasteiger partial charge in [0.15, 0.2) is 0 Å². The van der Waals surface area contributed by atoms with Gasteiger partial charge in [0.25, 0.3) is 5.69 Å². The van der Waals surface area contributed by atoms with Crippen molar-refractivity contribution in [1.29, 1.82) is 0 Å². The van der Waals surface area contributed by atoms with Crippen molar-refractivity contribution in [3.63, 3.8) is 0 Å². The molecule has 1 rings (SSSR count). The summed E-state index contributed by atoms with van der Waals surface area (Å²) < 4.78 is 0. The average Bonchev–Trinajstić information content (AvgIpc) is 2.42. The maximum absolute atomic E-state index is 11.4. The highest BCUT2D eigenvalue weighted by Gasteiger charge is 2.04. The van der Waals surface area contributed by atoms with Crippen LogP contribution in [0, 0.1) is 16.0 Å². The zero-order valence-electron chi connectivity index (χ0n) is 10.6. The number of aliphatic hydroxyl groups is 1. The first-order valence-electron chi connectivity index (χ1n) is 5.84. The molecule has 0 aliphatic carbocycles. The monoisotopic (exact) mass is 264 g/mol. The van der Waals surface area contributed by atoms with E-state index in [1.807, 2.05) is 6.92 Å². The molecule has 102 valence electrons. The molecule has 6 heteroatoms. The van der Waals surface area contributed by atoms with Crippen LogP contribution in [0.4, 0.5) is 5.69 Å². The fourth-order valence-corrected chi connectivity index (χ4v) is 1.31. The Morgan fingerprint density at radius 1 is 1.58 bits per heavy atom. The third-order valence-corrected chi connectivity index (χ3v) is 2.44. The van der Waals surface area contributed by atoms with Crippen LogP contribution in [0.3, 0.4) is 0 Å². The lowest BCUT2D eigenvalue weighted by Crippen LogP contribution is -2.27. The molecule has 6 nitrogen and oxygen atoms in total. The minimum absolute atomic E-state index is 0.00448. The van der Waals surface area contributed by atoms with Crippen molar-refractivity contribution in [1.82, 2.24) is 5.32 Å². The number of nitro benzene ring substituents is 1. The molecule has 1 atom stereocenters. The van der Waals surface area contributed by atoms with Crippen molar-refractivity contribution in [2.24, 2.45) is 5.92 Å². The van der Waals surface area contributed by atoms with Gasteiger partial charge in [-0.1, -0.05) is 19.1 Å². The fraction of sp³-hybridized carbons (Fsp3) is 0.308. The molecule has 1 amide bonds. The highest BCUT2D eigenvalue weighted by Crippen LogP contribution is 2.13. The number of amides is 1. The highest BCUT2D eigenvalue weighted by molar-refractivity contribution is 5.91. The molecule has 0 bridgehead atoms. The number of benzene rings is 1. The van der Waals surface area contributed by atoms with E-state index in [2.05, 4.69) is 5.32 Å². The number of rotatable bonds is 6. The van der Waals surface area contributed by atoms with Crippen LogP contribution in [0.5, 0.6) is 0 Å². The Morgan fingerprint density at radius 2 is 2.32 bits per heavy atom. The molecule has 2 N–H and O–H groups in total. The van der Waals surface area contributed by atoms with Crippen molar-refractivity contribution < 1.29 is 14.8 Å². The number of carbonyl (C=O) groups is 1. The van der Waals surface area contributed by atoms with Gasteiger partial charge in [-0.2, -0.15) is 0 Å². The first-order chi connectivity index (χ1) is 9.02. The molecule has 0 fully saturated rings. The molecular formula is C13H16N2O4. The van der Waals surface area contributed by atoms with Crippen LogP contribution in [0.2, 0.25) is 0 Å². The second-order valence-corrected chi connectivity index (χ2v) is 4.22. The maximum Gasteiger partial charge on any atom is 0.270 e. The minimum atomic E-state index is -0.486. The second kappa shape index (κ2) is 7.27. The van der Waals surface area contributed by atoms with E-state index >= 15 is 0 Å². The summed E-state index contributed by atoms with van der Waals surface area (Å²) in [5, 5.41) is 22.0. The smallest absolute Gasteiger partial charge is 0.270 e. The summed E-state index contributed by atoms with van der Waals surface area (Å²) in [6.07, 6.45) is 2.81. The lowest BCUT2D eigenvalue weighted by Gasteiger charge is -2.07. The number of non-ortho nitro benzene ring substituents is 1. The summed E-state index contributed by atoms with van der Waals surface area (Å²) in [4.78, 5) is 21.5. The van der Waals surface area contributed by atoms with Gasteiger partial charge in [0, 0.05) is 31.4 Å².